The van der Waals surface area contributed by atoms with Gasteiger partial charge in [-0.25, -0.2) is 26.7 Å². The van der Waals surface area contributed by atoms with Crippen LogP contribution in [0.2, 0.25) is 0 Å². The number of benzene rings is 1. The van der Waals surface area contributed by atoms with Crippen molar-refractivity contribution in [3.8, 4) is 0 Å². The lowest BCUT2D eigenvalue weighted by molar-refractivity contribution is -0.0494. The molecule has 0 saturated carbocycles. The van der Waals surface area contributed by atoms with Crippen LogP contribution in [0.15, 0.2) is 23.1 Å². The van der Waals surface area contributed by atoms with Crippen molar-refractivity contribution in [3.63, 3.8) is 0 Å². The molecular formula is C12H13F3N2O3S. The fourth-order valence-corrected chi connectivity index (χ4v) is 2.59. The quantitative estimate of drug-likeness (QED) is 0.892. The van der Waals surface area contributed by atoms with Gasteiger partial charge in [0.1, 0.15) is 5.82 Å². The van der Waals surface area contributed by atoms with Gasteiger partial charge in [0.05, 0.1) is 10.5 Å². The first-order chi connectivity index (χ1) is 9.60. The molecule has 0 spiro atoms. The Kier molecular flexibility index (Phi) is 3.98. The Bertz CT molecular complexity index is 666. The van der Waals surface area contributed by atoms with E-state index in [0.717, 1.165) is 23.1 Å². The van der Waals surface area contributed by atoms with Crippen LogP contribution in [-0.2, 0) is 10.0 Å². The second kappa shape index (κ2) is 5.30. The van der Waals surface area contributed by atoms with E-state index < -0.39 is 51.0 Å². The van der Waals surface area contributed by atoms with E-state index in [1.807, 2.05) is 0 Å². The molecule has 1 heterocycles. The number of alkyl halides is 2. The van der Waals surface area contributed by atoms with Crippen LogP contribution in [0.1, 0.15) is 23.2 Å². The van der Waals surface area contributed by atoms with E-state index in [1.165, 1.54) is 0 Å². The van der Waals surface area contributed by atoms with Crippen molar-refractivity contribution in [2.75, 3.05) is 13.1 Å². The smallest absolute Gasteiger partial charge is 0.256 e. The summed E-state index contributed by atoms with van der Waals surface area (Å²) in [5, 5.41) is 4.92. The van der Waals surface area contributed by atoms with Gasteiger partial charge in [-0.1, -0.05) is 0 Å². The molecule has 0 aromatic heterocycles. The van der Waals surface area contributed by atoms with Gasteiger partial charge in [0.15, 0.2) is 0 Å². The van der Waals surface area contributed by atoms with E-state index in [4.69, 9.17) is 5.14 Å². The van der Waals surface area contributed by atoms with Gasteiger partial charge in [0.25, 0.3) is 11.8 Å². The zero-order chi connectivity index (χ0) is 15.8. The fourth-order valence-electron chi connectivity index (χ4n) is 2.05. The summed E-state index contributed by atoms with van der Waals surface area (Å²) >= 11 is 0. The van der Waals surface area contributed by atoms with Crippen LogP contribution in [0.5, 0.6) is 0 Å². The lowest BCUT2D eigenvalue weighted by Crippen LogP contribution is -2.43. The number of likely N-dealkylation sites (tertiary alicyclic amines) is 1. The topological polar surface area (TPSA) is 80.5 Å². The Balaban J connectivity index is 2.28. The van der Waals surface area contributed by atoms with Crippen molar-refractivity contribution in [1.82, 2.24) is 4.90 Å². The van der Waals surface area contributed by atoms with Gasteiger partial charge < -0.3 is 4.90 Å². The molecule has 2 N–H and O–H groups in total. The molecule has 0 radical (unpaired) electrons. The second-order valence-electron chi connectivity index (χ2n) is 4.83. The highest BCUT2D eigenvalue weighted by Crippen LogP contribution is 2.28. The maximum atomic E-state index is 13.7. The summed E-state index contributed by atoms with van der Waals surface area (Å²) in [4.78, 5) is 12.8. The lowest BCUT2D eigenvalue weighted by Gasteiger charge is -2.31. The van der Waals surface area contributed by atoms with Gasteiger partial charge in [-0.15, -0.1) is 0 Å². The van der Waals surface area contributed by atoms with Gasteiger partial charge >= 0.3 is 0 Å². The highest BCUT2D eigenvalue weighted by Gasteiger charge is 2.36. The number of primary sulfonamides is 1. The number of amides is 1. The third-order valence-electron chi connectivity index (χ3n) is 3.28. The van der Waals surface area contributed by atoms with E-state index >= 15 is 0 Å². The summed E-state index contributed by atoms with van der Waals surface area (Å²) in [6.07, 6.45) is -1.01. The number of nitrogens with two attached hydrogens (primary N) is 1. The van der Waals surface area contributed by atoms with E-state index in [2.05, 4.69) is 0 Å². The molecule has 9 heteroatoms. The fraction of sp³-hybridized carbons (Fsp3) is 0.417. The highest BCUT2D eigenvalue weighted by atomic mass is 32.2. The predicted octanol–water partition coefficient (Wildman–Crippen LogP) is 1.34. The summed E-state index contributed by atoms with van der Waals surface area (Å²) in [5.41, 5.74) is -0.494. The number of halogens is 3. The van der Waals surface area contributed by atoms with Crippen molar-refractivity contribution in [2.24, 2.45) is 5.14 Å². The minimum absolute atomic E-state index is 0.217. The van der Waals surface area contributed by atoms with E-state index in [1.54, 1.807) is 0 Å². The van der Waals surface area contributed by atoms with Crippen molar-refractivity contribution in [3.05, 3.63) is 29.6 Å². The first kappa shape index (κ1) is 15.8. The Morgan fingerprint density at radius 2 is 1.81 bits per heavy atom. The van der Waals surface area contributed by atoms with E-state index in [0.29, 0.717) is 0 Å². The molecule has 1 aromatic rings. The molecule has 0 atom stereocenters. The van der Waals surface area contributed by atoms with Crippen molar-refractivity contribution in [2.45, 2.75) is 23.7 Å². The monoisotopic (exact) mass is 322 g/mol. The van der Waals surface area contributed by atoms with Gasteiger partial charge in [-0.2, -0.15) is 0 Å². The molecule has 5 nitrogen and oxygen atoms in total. The molecule has 1 aliphatic rings. The molecule has 21 heavy (non-hydrogen) atoms. The van der Waals surface area contributed by atoms with Gasteiger partial charge in [0.2, 0.25) is 10.0 Å². The normalized spacial score (nSPS) is 18.6. The molecule has 0 aliphatic carbocycles. The molecule has 1 amide bonds. The summed E-state index contributed by atoms with van der Waals surface area (Å²) in [6, 6.07) is 2.57. The van der Waals surface area contributed by atoms with Gasteiger partial charge in [-0.05, 0) is 18.2 Å². The molecule has 1 aromatic carbocycles. The van der Waals surface area contributed by atoms with Crippen molar-refractivity contribution in [1.29, 1.82) is 0 Å². The van der Waals surface area contributed by atoms with Crippen molar-refractivity contribution >= 4 is 15.9 Å². The lowest BCUT2D eigenvalue weighted by atomic mass is 10.1. The average Bonchev–Trinajstić information content (AvgIpc) is 2.37. The molecule has 1 aliphatic heterocycles. The summed E-state index contributed by atoms with van der Waals surface area (Å²) in [7, 11) is -4.08. The zero-order valence-corrected chi connectivity index (χ0v) is 11.7. The average molecular weight is 322 g/mol. The summed E-state index contributed by atoms with van der Waals surface area (Å²) in [6.45, 7) is -0.435. The van der Waals surface area contributed by atoms with Gasteiger partial charge in [-0.3, -0.25) is 4.79 Å². The first-order valence-electron chi connectivity index (χ1n) is 6.10. The van der Waals surface area contributed by atoms with Crippen LogP contribution >= 0.6 is 0 Å². The van der Waals surface area contributed by atoms with Crippen LogP contribution in [0.4, 0.5) is 13.2 Å². The number of hydrogen-bond acceptors (Lipinski definition) is 3. The number of hydrogen-bond donors (Lipinski definition) is 1. The Morgan fingerprint density at radius 1 is 1.24 bits per heavy atom. The van der Waals surface area contributed by atoms with Crippen LogP contribution in [0.25, 0.3) is 0 Å². The van der Waals surface area contributed by atoms with Crippen LogP contribution in [0, 0.1) is 5.82 Å². The zero-order valence-electron chi connectivity index (χ0n) is 10.9. The number of nitrogens with zero attached hydrogens (tertiary/aromatic N) is 1. The van der Waals surface area contributed by atoms with Crippen LogP contribution in [-0.4, -0.2) is 38.2 Å². The first-order valence-corrected chi connectivity index (χ1v) is 7.64. The third-order valence-corrected chi connectivity index (χ3v) is 4.19. The highest BCUT2D eigenvalue weighted by molar-refractivity contribution is 7.89. The molecule has 1 saturated heterocycles. The van der Waals surface area contributed by atoms with E-state index in [-0.39, 0.29) is 13.1 Å². The predicted molar refractivity (Wildman–Crippen MR) is 67.9 cm³/mol. The molecule has 0 bridgehead atoms. The number of sulfonamides is 1. The van der Waals surface area contributed by atoms with Crippen LogP contribution < -0.4 is 5.14 Å². The molecule has 0 unspecified atom stereocenters. The number of carbonyl (C=O) groups excluding carboxylic acids is 1. The SMILES string of the molecule is NS(=O)(=O)c1ccc(F)c(C(=O)N2CCC(F)(F)CC2)c1. The summed E-state index contributed by atoms with van der Waals surface area (Å²) < 4.78 is 62.2. The third kappa shape index (κ3) is 3.53. The molecule has 1 fully saturated rings. The number of piperidine rings is 1. The largest absolute Gasteiger partial charge is 0.338 e. The minimum atomic E-state index is -4.08. The standard InChI is InChI=1S/C12H13F3N2O3S/c13-10-2-1-8(21(16,19)20)7-9(10)11(18)17-5-3-12(14,15)4-6-17/h1-2,7H,3-6H2,(H2,16,19,20). The van der Waals surface area contributed by atoms with E-state index in [9.17, 15) is 26.4 Å². The molecule has 116 valence electrons. The maximum absolute atomic E-state index is 13.7. The summed E-state index contributed by atoms with van der Waals surface area (Å²) in [5.74, 6) is -4.59. The maximum Gasteiger partial charge on any atom is 0.256 e. The Hall–Kier alpha value is -1.61. The van der Waals surface area contributed by atoms with Crippen molar-refractivity contribution < 1.29 is 26.4 Å². The Morgan fingerprint density at radius 3 is 2.33 bits per heavy atom. The minimum Gasteiger partial charge on any atom is -0.338 e. The number of carbonyl (C=O) groups is 1. The van der Waals surface area contributed by atoms with Crippen LogP contribution in [0.3, 0.4) is 0 Å². The van der Waals surface area contributed by atoms with Gasteiger partial charge in [0, 0.05) is 25.9 Å². The Labute approximate surface area is 119 Å². The molecule has 2 rings (SSSR count). The second-order valence-corrected chi connectivity index (χ2v) is 6.40. The number of rotatable bonds is 2. The molecular weight excluding hydrogens is 309 g/mol.